The van der Waals surface area contributed by atoms with E-state index in [1.165, 1.54) is 0 Å². The van der Waals surface area contributed by atoms with Gasteiger partial charge in [-0.1, -0.05) is 47.3 Å². The van der Waals surface area contributed by atoms with E-state index in [1.54, 1.807) is 13.8 Å². The Bertz CT molecular complexity index is 764. The van der Waals surface area contributed by atoms with Crippen molar-refractivity contribution in [1.82, 2.24) is 21.3 Å². The maximum atomic E-state index is 11.9. The van der Waals surface area contributed by atoms with E-state index in [2.05, 4.69) is 48.3 Å². The second-order valence-corrected chi connectivity index (χ2v) is 12.4. The van der Waals surface area contributed by atoms with Crippen molar-refractivity contribution in [1.29, 1.82) is 0 Å². The minimum absolute atomic E-state index is 0.120. The average Bonchev–Trinajstić information content (AvgIpc) is 2.93. The third-order valence-corrected chi connectivity index (χ3v) is 6.94. The van der Waals surface area contributed by atoms with Crippen LogP contribution in [0, 0.1) is 29.1 Å². The lowest BCUT2D eigenvalue weighted by atomic mass is 9.83. The van der Waals surface area contributed by atoms with Crippen LogP contribution >= 0.6 is 0 Å². The summed E-state index contributed by atoms with van der Waals surface area (Å²) in [4.78, 5) is 34.5. The maximum absolute atomic E-state index is 11.9. The highest BCUT2D eigenvalue weighted by Crippen LogP contribution is 2.29. The maximum Gasteiger partial charge on any atom is 0.246 e. The molecule has 244 valence electrons. The lowest BCUT2D eigenvalue weighted by Gasteiger charge is -2.35. The Kier molecular flexibility index (Phi) is 22.0. The molecule has 4 N–H and O–H groups in total. The molecular formula is C32H60N4O6. The molecule has 0 radical (unpaired) electrons. The first-order valence-corrected chi connectivity index (χ1v) is 15.3. The molecule has 0 spiro atoms. The fourth-order valence-electron chi connectivity index (χ4n) is 4.31. The molecule has 4 atom stereocenters. The van der Waals surface area contributed by atoms with Crippen LogP contribution in [-0.2, 0) is 28.6 Å². The first-order valence-electron chi connectivity index (χ1n) is 15.3. The summed E-state index contributed by atoms with van der Waals surface area (Å²) in [5.74, 6) is 0.642. The molecule has 0 aliphatic heterocycles. The quantitative estimate of drug-likeness (QED) is 0.0848. The van der Waals surface area contributed by atoms with E-state index in [0.29, 0.717) is 82.3 Å². The van der Waals surface area contributed by atoms with Crippen LogP contribution in [0.1, 0.15) is 60.8 Å². The number of hydrogen-bond donors (Lipinski definition) is 4. The number of carbonyl (C=O) groups is 3. The van der Waals surface area contributed by atoms with Crippen LogP contribution in [0.2, 0.25) is 0 Å². The molecule has 10 heteroatoms. The van der Waals surface area contributed by atoms with Gasteiger partial charge in [0.05, 0.1) is 39.6 Å². The van der Waals surface area contributed by atoms with Gasteiger partial charge in [0.1, 0.15) is 0 Å². The standard InChI is InChI=1S/C32H60N4O6/c1-24(2)30(38)35-15-28(7)18-41-21-32(20-40-17-27(6)13-33-9,12-10-11-26(5)14-34-23-37)22-42-19-29(8)16-36-31(39)25(3)4/h23,26-29,33H,1,3,10-22H2,2,4-9H3,(H,34,37)(H,35,38)(H,36,39). The van der Waals surface area contributed by atoms with Crippen molar-refractivity contribution in [3.8, 4) is 0 Å². The van der Waals surface area contributed by atoms with Crippen LogP contribution in [0.15, 0.2) is 24.3 Å². The molecule has 0 rings (SSSR count). The Labute approximate surface area is 255 Å². The topological polar surface area (TPSA) is 127 Å². The van der Waals surface area contributed by atoms with Crippen molar-refractivity contribution in [2.75, 3.05) is 72.9 Å². The van der Waals surface area contributed by atoms with Gasteiger partial charge in [0.25, 0.3) is 0 Å². The van der Waals surface area contributed by atoms with Gasteiger partial charge in [-0.25, -0.2) is 0 Å². The summed E-state index contributed by atoms with van der Waals surface area (Å²) < 4.78 is 18.8. The Hall–Kier alpha value is -2.27. The molecule has 0 aromatic heterocycles. The largest absolute Gasteiger partial charge is 0.380 e. The number of rotatable bonds is 27. The van der Waals surface area contributed by atoms with Gasteiger partial charge in [-0.3, -0.25) is 14.4 Å². The van der Waals surface area contributed by atoms with Gasteiger partial charge in [0, 0.05) is 36.2 Å². The summed E-state index contributed by atoms with van der Waals surface area (Å²) in [6.45, 7) is 24.6. The lowest BCUT2D eigenvalue weighted by molar-refractivity contribution is -0.118. The third-order valence-electron chi connectivity index (χ3n) is 6.94. The number of amides is 3. The molecule has 0 aromatic rings. The molecule has 0 fully saturated rings. The molecule has 4 unspecified atom stereocenters. The summed E-state index contributed by atoms with van der Waals surface area (Å²) in [5.41, 5.74) is 0.586. The second-order valence-electron chi connectivity index (χ2n) is 12.4. The summed E-state index contributed by atoms with van der Waals surface area (Å²) in [6, 6.07) is 0. The molecule has 0 aliphatic carbocycles. The molecule has 0 aromatic carbocycles. The Morgan fingerprint density at radius 1 is 0.738 bits per heavy atom. The van der Waals surface area contributed by atoms with Crippen molar-refractivity contribution >= 4 is 18.2 Å². The van der Waals surface area contributed by atoms with Gasteiger partial charge in [0.2, 0.25) is 18.2 Å². The summed E-state index contributed by atoms with van der Waals surface area (Å²) in [6.07, 6.45) is 3.45. The van der Waals surface area contributed by atoms with Crippen LogP contribution in [0.25, 0.3) is 0 Å². The van der Waals surface area contributed by atoms with Gasteiger partial charge in [0.15, 0.2) is 0 Å². The average molecular weight is 597 g/mol. The highest BCUT2D eigenvalue weighted by molar-refractivity contribution is 5.92. The first-order chi connectivity index (χ1) is 19.9. The molecule has 42 heavy (non-hydrogen) atoms. The van der Waals surface area contributed by atoms with Gasteiger partial charge in [-0.15, -0.1) is 0 Å². The molecule has 0 heterocycles. The van der Waals surface area contributed by atoms with Gasteiger partial charge < -0.3 is 35.5 Å². The van der Waals surface area contributed by atoms with E-state index >= 15 is 0 Å². The van der Waals surface area contributed by atoms with E-state index in [4.69, 9.17) is 14.2 Å². The van der Waals surface area contributed by atoms with Gasteiger partial charge in [-0.2, -0.15) is 0 Å². The Morgan fingerprint density at radius 2 is 1.17 bits per heavy atom. The van der Waals surface area contributed by atoms with E-state index in [9.17, 15) is 14.4 Å². The van der Waals surface area contributed by atoms with E-state index in [0.717, 1.165) is 32.2 Å². The zero-order valence-electron chi connectivity index (χ0n) is 27.4. The van der Waals surface area contributed by atoms with E-state index in [1.807, 2.05) is 20.9 Å². The Balaban J connectivity index is 5.45. The fourth-order valence-corrected chi connectivity index (χ4v) is 4.31. The third kappa shape index (κ3) is 19.8. The molecule has 0 aliphatic rings. The van der Waals surface area contributed by atoms with Crippen molar-refractivity contribution in [2.24, 2.45) is 29.1 Å². The molecule has 0 saturated carbocycles. The van der Waals surface area contributed by atoms with Crippen molar-refractivity contribution in [3.63, 3.8) is 0 Å². The number of carbonyl (C=O) groups excluding carboxylic acids is 3. The number of nitrogens with one attached hydrogen (secondary N) is 4. The molecular weight excluding hydrogens is 536 g/mol. The molecule has 0 saturated heterocycles. The van der Waals surface area contributed by atoms with Gasteiger partial charge >= 0.3 is 0 Å². The second kappa shape index (κ2) is 23.2. The van der Waals surface area contributed by atoms with Crippen LogP contribution in [0.4, 0.5) is 0 Å². The zero-order chi connectivity index (χ0) is 32.0. The minimum atomic E-state index is -0.376. The van der Waals surface area contributed by atoms with Crippen molar-refractivity contribution < 1.29 is 28.6 Å². The van der Waals surface area contributed by atoms with Crippen LogP contribution < -0.4 is 21.3 Å². The zero-order valence-corrected chi connectivity index (χ0v) is 27.4. The van der Waals surface area contributed by atoms with Crippen LogP contribution in [0.5, 0.6) is 0 Å². The Morgan fingerprint density at radius 3 is 1.55 bits per heavy atom. The highest BCUT2D eigenvalue weighted by atomic mass is 16.5. The molecule has 0 bridgehead atoms. The highest BCUT2D eigenvalue weighted by Gasteiger charge is 2.32. The first kappa shape index (κ1) is 39.7. The molecule has 3 amide bonds. The fraction of sp³-hybridized carbons (Fsp3) is 0.781. The van der Waals surface area contributed by atoms with Crippen LogP contribution in [-0.4, -0.2) is 91.1 Å². The van der Waals surface area contributed by atoms with E-state index < -0.39 is 0 Å². The summed E-state index contributed by atoms with van der Waals surface area (Å²) in [5, 5.41) is 11.7. The summed E-state index contributed by atoms with van der Waals surface area (Å²) in [7, 11) is 1.93. The van der Waals surface area contributed by atoms with E-state index in [-0.39, 0.29) is 29.1 Å². The number of ether oxygens (including phenoxy) is 3. The minimum Gasteiger partial charge on any atom is -0.380 e. The predicted octanol–water partition coefficient (Wildman–Crippen LogP) is 3.09. The SMILES string of the molecule is C=C(C)C(=O)NCC(C)COCC(CCCC(C)CNC=O)(COCC(C)CNC)COCC(C)CNC(=O)C(=C)C. The molecule has 10 nitrogen and oxygen atoms in total. The summed E-state index contributed by atoms with van der Waals surface area (Å²) >= 11 is 0. The smallest absolute Gasteiger partial charge is 0.246 e. The predicted molar refractivity (Wildman–Crippen MR) is 169 cm³/mol. The number of hydrogen-bond acceptors (Lipinski definition) is 7. The lowest BCUT2D eigenvalue weighted by Crippen LogP contribution is -2.40. The van der Waals surface area contributed by atoms with Crippen molar-refractivity contribution in [2.45, 2.75) is 60.8 Å². The van der Waals surface area contributed by atoms with Gasteiger partial charge in [-0.05, 0) is 64.0 Å². The van der Waals surface area contributed by atoms with Crippen LogP contribution in [0.3, 0.4) is 0 Å². The normalized spacial score (nSPS) is 15.5. The monoisotopic (exact) mass is 596 g/mol. The van der Waals surface area contributed by atoms with Crippen molar-refractivity contribution in [3.05, 3.63) is 24.3 Å².